The Labute approximate surface area is 180 Å². The summed E-state index contributed by atoms with van der Waals surface area (Å²) in [4.78, 5) is 30.4. The molecule has 0 unspecified atom stereocenters. The minimum Gasteiger partial charge on any atom is -0.328 e. The highest BCUT2D eigenvalue weighted by Crippen LogP contribution is 2.48. The smallest absolute Gasteiger partial charge is 0.220 e. The van der Waals surface area contributed by atoms with Crippen LogP contribution in [0.25, 0.3) is 0 Å². The maximum Gasteiger partial charge on any atom is 0.220 e. The Kier molecular flexibility index (Phi) is 6.64. The largest absolute Gasteiger partial charge is 0.328 e. The fourth-order valence-corrected chi connectivity index (χ4v) is 5.23. The molecule has 4 nitrogen and oxygen atoms in total. The lowest BCUT2D eigenvalue weighted by atomic mass is 9.77. The number of piperazine rings is 1. The number of benzene rings is 2. The summed E-state index contributed by atoms with van der Waals surface area (Å²) in [5.41, 5.74) is 2.11. The van der Waals surface area contributed by atoms with Gasteiger partial charge in [0.15, 0.2) is 0 Å². The van der Waals surface area contributed by atoms with Gasteiger partial charge >= 0.3 is 0 Å². The third-order valence-corrected chi connectivity index (χ3v) is 6.27. The topological polar surface area (TPSA) is 40.6 Å². The zero-order chi connectivity index (χ0) is 22.0. The molecule has 2 aromatic carbocycles. The van der Waals surface area contributed by atoms with E-state index in [1.54, 1.807) is 13.8 Å². The van der Waals surface area contributed by atoms with Gasteiger partial charge in [-0.1, -0.05) is 88.4 Å². The molecule has 0 aliphatic carbocycles. The van der Waals surface area contributed by atoms with E-state index in [1.807, 2.05) is 36.4 Å². The molecule has 3 rings (SSSR count). The van der Waals surface area contributed by atoms with Crippen molar-refractivity contribution in [2.24, 2.45) is 11.8 Å². The van der Waals surface area contributed by atoms with Crippen LogP contribution in [0.15, 0.2) is 60.7 Å². The zero-order valence-electron chi connectivity index (χ0n) is 18.9. The summed E-state index contributed by atoms with van der Waals surface area (Å²) >= 11 is 0. The van der Waals surface area contributed by atoms with Gasteiger partial charge in [-0.15, -0.1) is 0 Å². The molecular formula is C26H34N2O2. The lowest BCUT2D eigenvalue weighted by Crippen LogP contribution is -2.66. The van der Waals surface area contributed by atoms with Crippen molar-refractivity contribution in [2.75, 3.05) is 0 Å². The Morgan fingerprint density at radius 2 is 0.933 bits per heavy atom. The van der Waals surface area contributed by atoms with Gasteiger partial charge in [0.25, 0.3) is 0 Å². The Bertz CT molecular complexity index is 790. The van der Waals surface area contributed by atoms with Crippen LogP contribution in [0.3, 0.4) is 0 Å². The summed E-state index contributed by atoms with van der Waals surface area (Å²) in [5.74, 6) is 0.534. The lowest BCUT2D eigenvalue weighted by Gasteiger charge is -2.58. The third kappa shape index (κ3) is 4.00. The van der Waals surface area contributed by atoms with Crippen molar-refractivity contribution >= 4 is 11.8 Å². The molecule has 1 heterocycles. The molecule has 0 radical (unpaired) electrons. The second-order valence-electron chi connectivity index (χ2n) is 9.03. The van der Waals surface area contributed by atoms with E-state index in [4.69, 9.17) is 0 Å². The van der Waals surface area contributed by atoms with E-state index in [-0.39, 0.29) is 47.8 Å². The highest BCUT2D eigenvalue weighted by molar-refractivity contribution is 5.78. The maximum atomic E-state index is 13.1. The average molecular weight is 407 g/mol. The Morgan fingerprint density at radius 3 is 1.17 bits per heavy atom. The molecule has 1 aliphatic rings. The van der Waals surface area contributed by atoms with Gasteiger partial charge in [-0.3, -0.25) is 9.59 Å². The first-order valence-electron chi connectivity index (χ1n) is 10.9. The number of rotatable bonds is 4. The van der Waals surface area contributed by atoms with Gasteiger partial charge in [-0.25, -0.2) is 0 Å². The lowest BCUT2D eigenvalue weighted by molar-refractivity contribution is -0.164. The van der Waals surface area contributed by atoms with E-state index in [0.29, 0.717) is 0 Å². The van der Waals surface area contributed by atoms with Crippen molar-refractivity contribution in [3.63, 3.8) is 0 Å². The minimum absolute atomic E-state index is 0.0531. The summed E-state index contributed by atoms with van der Waals surface area (Å²) in [7, 11) is 0. The van der Waals surface area contributed by atoms with Crippen molar-refractivity contribution < 1.29 is 9.59 Å². The predicted octanol–water partition coefficient (Wildman–Crippen LogP) is 5.23. The molecule has 2 amide bonds. The van der Waals surface area contributed by atoms with Gasteiger partial charge in [0, 0.05) is 13.8 Å². The number of carbonyl (C=O) groups is 2. The number of hydrogen-bond donors (Lipinski definition) is 0. The third-order valence-electron chi connectivity index (χ3n) is 6.27. The summed E-state index contributed by atoms with van der Waals surface area (Å²) in [6.07, 6.45) is 0. The molecule has 1 saturated heterocycles. The van der Waals surface area contributed by atoms with Gasteiger partial charge in [-0.2, -0.15) is 0 Å². The molecule has 0 N–H and O–H groups in total. The van der Waals surface area contributed by atoms with Crippen LogP contribution < -0.4 is 0 Å². The molecule has 4 atom stereocenters. The maximum absolute atomic E-state index is 13.1. The van der Waals surface area contributed by atoms with E-state index < -0.39 is 0 Å². The molecule has 0 saturated carbocycles. The van der Waals surface area contributed by atoms with Crippen LogP contribution in [0.1, 0.15) is 64.8 Å². The van der Waals surface area contributed by atoms with Gasteiger partial charge in [0.05, 0.1) is 24.2 Å². The van der Waals surface area contributed by atoms with E-state index >= 15 is 0 Å². The average Bonchev–Trinajstić information content (AvgIpc) is 2.72. The fraction of sp³-hybridized carbons (Fsp3) is 0.462. The molecule has 4 heteroatoms. The summed E-state index contributed by atoms with van der Waals surface area (Å²) in [5, 5.41) is 0. The van der Waals surface area contributed by atoms with Crippen LogP contribution in [0.4, 0.5) is 0 Å². The standard InChI is InChI=1S/C26H34N2O2/c1-17(2)23-24(18(3)4)28(20(6)30)26(22-15-11-8-12-16-22)25(27(23)19(5)29)21-13-9-7-10-14-21/h7-18,23-26H,1-6H3/t23-,24-,25+,26+/m0/s1. The second-order valence-corrected chi connectivity index (χ2v) is 9.03. The van der Waals surface area contributed by atoms with Crippen LogP contribution in [0.2, 0.25) is 0 Å². The van der Waals surface area contributed by atoms with Crippen LogP contribution in [0, 0.1) is 11.8 Å². The van der Waals surface area contributed by atoms with E-state index in [9.17, 15) is 9.59 Å². The molecule has 0 bridgehead atoms. The van der Waals surface area contributed by atoms with Gasteiger partial charge in [-0.05, 0) is 23.0 Å². The normalized spacial score (nSPS) is 24.4. The van der Waals surface area contributed by atoms with Crippen LogP contribution >= 0.6 is 0 Å². The fourth-order valence-electron chi connectivity index (χ4n) is 5.23. The van der Waals surface area contributed by atoms with E-state index in [1.165, 1.54) is 0 Å². The number of amides is 2. The van der Waals surface area contributed by atoms with Crippen molar-refractivity contribution in [2.45, 2.75) is 65.7 Å². The van der Waals surface area contributed by atoms with Crippen LogP contribution in [-0.4, -0.2) is 33.7 Å². The van der Waals surface area contributed by atoms with Gasteiger partial charge in [0.2, 0.25) is 11.8 Å². The van der Waals surface area contributed by atoms with Crippen molar-refractivity contribution in [1.82, 2.24) is 9.80 Å². The molecule has 160 valence electrons. The number of carbonyl (C=O) groups excluding carboxylic acids is 2. The Balaban J connectivity index is 2.33. The van der Waals surface area contributed by atoms with Gasteiger partial charge in [0.1, 0.15) is 0 Å². The van der Waals surface area contributed by atoms with Crippen LogP contribution in [0.5, 0.6) is 0 Å². The second kappa shape index (κ2) is 9.03. The minimum atomic E-state index is -0.239. The number of nitrogens with zero attached hydrogens (tertiary/aromatic N) is 2. The first kappa shape index (κ1) is 22.1. The van der Waals surface area contributed by atoms with Crippen molar-refractivity contribution in [3.8, 4) is 0 Å². The summed E-state index contributed by atoms with van der Waals surface area (Å²) < 4.78 is 0. The van der Waals surface area contributed by atoms with Crippen molar-refractivity contribution in [3.05, 3.63) is 71.8 Å². The monoisotopic (exact) mass is 406 g/mol. The Morgan fingerprint density at radius 1 is 0.633 bits per heavy atom. The van der Waals surface area contributed by atoms with E-state index in [0.717, 1.165) is 11.1 Å². The van der Waals surface area contributed by atoms with Gasteiger partial charge < -0.3 is 9.80 Å². The molecule has 0 aromatic heterocycles. The quantitative estimate of drug-likeness (QED) is 0.698. The molecular weight excluding hydrogens is 372 g/mol. The number of hydrogen-bond acceptors (Lipinski definition) is 2. The Hall–Kier alpha value is -2.62. The van der Waals surface area contributed by atoms with Crippen LogP contribution in [-0.2, 0) is 9.59 Å². The first-order chi connectivity index (χ1) is 14.3. The highest BCUT2D eigenvalue weighted by atomic mass is 16.2. The van der Waals surface area contributed by atoms with Crippen molar-refractivity contribution in [1.29, 1.82) is 0 Å². The van der Waals surface area contributed by atoms with E-state index in [2.05, 4.69) is 61.8 Å². The molecule has 30 heavy (non-hydrogen) atoms. The molecule has 1 fully saturated rings. The predicted molar refractivity (Wildman–Crippen MR) is 121 cm³/mol. The molecule has 0 spiro atoms. The summed E-state index contributed by atoms with van der Waals surface area (Å²) in [6.45, 7) is 11.9. The zero-order valence-corrected chi connectivity index (χ0v) is 18.9. The molecule has 1 aliphatic heterocycles. The summed E-state index contributed by atoms with van der Waals surface area (Å²) in [6, 6.07) is 19.7. The molecule has 2 aromatic rings. The first-order valence-corrected chi connectivity index (χ1v) is 10.9. The highest BCUT2D eigenvalue weighted by Gasteiger charge is 2.52. The SMILES string of the molecule is CC(=O)N1[C@H](c2ccccc2)[C@@H](c2ccccc2)N(C(C)=O)[C@@H](C(C)C)[C@@H]1C(C)C.